The minimum absolute atomic E-state index is 0.284. The molecule has 102 valence electrons. The SMILES string of the molecule is CNC(CCc1cccc2cccnc12)C(C)(C)C. The van der Waals surface area contributed by atoms with E-state index in [0.29, 0.717) is 6.04 Å². The highest BCUT2D eigenvalue weighted by atomic mass is 14.9. The lowest BCUT2D eigenvalue weighted by molar-refractivity contribution is 0.268. The van der Waals surface area contributed by atoms with Gasteiger partial charge in [0.05, 0.1) is 5.52 Å². The standard InChI is InChI=1S/C17H24N2/c1-17(2,3)15(18-4)11-10-14-8-5-7-13-9-6-12-19-16(13)14/h5-9,12,15,18H,10-11H2,1-4H3. The van der Waals surface area contributed by atoms with E-state index >= 15 is 0 Å². The predicted octanol–water partition coefficient (Wildman–Crippen LogP) is 3.80. The van der Waals surface area contributed by atoms with E-state index in [1.165, 1.54) is 10.9 Å². The summed E-state index contributed by atoms with van der Waals surface area (Å²) in [6, 6.07) is 11.1. The van der Waals surface area contributed by atoms with Crippen molar-refractivity contribution < 1.29 is 0 Å². The van der Waals surface area contributed by atoms with Crippen LogP contribution in [0.15, 0.2) is 36.5 Å². The molecular weight excluding hydrogens is 232 g/mol. The summed E-state index contributed by atoms with van der Waals surface area (Å²) in [6.45, 7) is 6.86. The molecule has 0 bridgehead atoms. The third-order valence-electron chi connectivity index (χ3n) is 3.81. The normalized spacial score (nSPS) is 13.7. The van der Waals surface area contributed by atoms with Crippen LogP contribution in [-0.4, -0.2) is 18.1 Å². The molecule has 19 heavy (non-hydrogen) atoms. The molecule has 0 aliphatic heterocycles. The van der Waals surface area contributed by atoms with Gasteiger partial charge in [-0.15, -0.1) is 0 Å². The van der Waals surface area contributed by atoms with Crippen molar-refractivity contribution in [2.24, 2.45) is 5.41 Å². The molecule has 2 nitrogen and oxygen atoms in total. The summed E-state index contributed by atoms with van der Waals surface area (Å²) in [5.74, 6) is 0. The van der Waals surface area contributed by atoms with Crippen LogP contribution in [0.1, 0.15) is 32.8 Å². The molecule has 0 fully saturated rings. The molecule has 1 heterocycles. The van der Waals surface area contributed by atoms with Gasteiger partial charge < -0.3 is 5.32 Å². The van der Waals surface area contributed by atoms with Crippen LogP contribution >= 0.6 is 0 Å². The third kappa shape index (κ3) is 3.32. The number of hydrogen-bond acceptors (Lipinski definition) is 2. The molecule has 0 saturated heterocycles. The number of hydrogen-bond donors (Lipinski definition) is 1. The summed E-state index contributed by atoms with van der Waals surface area (Å²) in [4.78, 5) is 4.53. The summed E-state index contributed by atoms with van der Waals surface area (Å²) in [7, 11) is 2.05. The minimum atomic E-state index is 0.284. The topological polar surface area (TPSA) is 24.9 Å². The fraction of sp³-hybridized carbons (Fsp3) is 0.471. The van der Waals surface area contributed by atoms with Crippen molar-refractivity contribution in [2.45, 2.75) is 39.7 Å². The van der Waals surface area contributed by atoms with Crippen LogP contribution < -0.4 is 5.32 Å². The molecule has 0 aliphatic rings. The molecular formula is C17H24N2. The van der Waals surface area contributed by atoms with Crippen molar-refractivity contribution >= 4 is 10.9 Å². The van der Waals surface area contributed by atoms with E-state index in [2.05, 4.69) is 62.4 Å². The summed E-state index contributed by atoms with van der Waals surface area (Å²) in [5.41, 5.74) is 2.78. The number of rotatable bonds is 4. The monoisotopic (exact) mass is 256 g/mol. The maximum atomic E-state index is 4.53. The van der Waals surface area contributed by atoms with Gasteiger partial charge in [0.2, 0.25) is 0 Å². The fourth-order valence-electron chi connectivity index (χ4n) is 2.68. The molecule has 1 aromatic carbocycles. The van der Waals surface area contributed by atoms with E-state index in [-0.39, 0.29) is 5.41 Å². The molecule has 1 N–H and O–H groups in total. The average Bonchev–Trinajstić information content (AvgIpc) is 2.38. The van der Waals surface area contributed by atoms with Crippen LogP contribution in [0.3, 0.4) is 0 Å². The van der Waals surface area contributed by atoms with Gasteiger partial charge in [0, 0.05) is 17.6 Å². The smallest absolute Gasteiger partial charge is 0.0733 e. The Bertz CT molecular complexity index is 535. The zero-order valence-electron chi connectivity index (χ0n) is 12.4. The lowest BCUT2D eigenvalue weighted by atomic mass is 9.83. The molecule has 0 radical (unpaired) electrons. The molecule has 0 spiro atoms. The Balaban J connectivity index is 2.18. The number of pyridine rings is 1. The zero-order chi connectivity index (χ0) is 13.9. The van der Waals surface area contributed by atoms with Gasteiger partial charge in [0.1, 0.15) is 0 Å². The van der Waals surface area contributed by atoms with Gasteiger partial charge >= 0.3 is 0 Å². The minimum Gasteiger partial charge on any atom is -0.316 e. The number of nitrogens with one attached hydrogen (secondary N) is 1. The highest BCUT2D eigenvalue weighted by Gasteiger charge is 2.22. The van der Waals surface area contributed by atoms with Crippen molar-refractivity contribution in [3.8, 4) is 0 Å². The Morgan fingerprint density at radius 3 is 2.58 bits per heavy atom. The maximum Gasteiger partial charge on any atom is 0.0733 e. The van der Waals surface area contributed by atoms with Crippen LogP contribution in [-0.2, 0) is 6.42 Å². The fourth-order valence-corrected chi connectivity index (χ4v) is 2.68. The first-order chi connectivity index (χ1) is 9.02. The first-order valence-corrected chi connectivity index (χ1v) is 7.02. The van der Waals surface area contributed by atoms with Crippen LogP contribution in [0.5, 0.6) is 0 Å². The predicted molar refractivity (Wildman–Crippen MR) is 82.4 cm³/mol. The number of benzene rings is 1. The number of para-hydroxylation sites is 1. The second-order valence-corrected chi connectivity index (χ2v) is 6.24. The third-order valence-corrected chi connectivity index (χ3v) is 3.81. The van der Waals surface area contributed by atoms with Crippen LogP contribution in [0.4, 0.5) is 0 Å². The molecule has 2 rings (SSSR count). The van der Waals surface area contributed by atoms with Crippen molar-refractivity contribution in [2.75, 3.05) is 7.05 Å². The van der Waals surface area contributed by atoms with E-state index in [1.54, 1.807) is 0 Å². The second kappa shape index (κ2) is 5.70. The Morgan fingerprint density at radius 1 is 1.16 bits per heavy atom. The van der Waals surface area contributed by atoms with Gasteiger partial charge in [0.25, 0.3) is 0 Å². The van der Waals surface area contributed by atoms with E-state index in [9.17, 15) is 0 Å². The molecule has 1 atom stereocenters. The van der Waals surface area contributed by atoms with E-state index < -0.39 is 0 Å². The molecule has 2 aromatic rings. The zero-order valence-corrected chi connectivity index (χ0v) is 12.4. The molecule has 1 unspecified atom stereocenters. The van der Waals surface area contributed by atoms with Crippen molar-refractivity contribution in [1.82, 2.24) is 10.3 Å². The summed E-state index contributed by atoms with van der Waals surface area (Å²) >= 11 is 0. The number of fused-ring (bicyclic) bond motifs is 1. The lowest BCUT2D eigenvalue weighted by Gasteiger charge is -2.30. The van der Waals surface area contributed by atoms with Crippen LogP contribution in [0.2, 0.25) is 0 Å². The van der Waals surface area contributed by atoms with Gasteiger partial charge in [-0.2, -0.15) is 0 Å². The van der Waals surface area contributed by atoms with Gasteiger partial charge in [-0.05, 0) is 36.9 Å². The van der Waals surface area contributed by atoms with Crippen LogP contribution in [0, 0.1) is 5.41 Å². The molecule has 1 aromatic heterocycles. The number of aryl methyl sites for hydroxylation is 1. The second-order valence-electron chi connectivity index (χ2n) is 6.24. The Morgan fingerprint density at radius 2 is 1.89 bits per heavy atom. The van der Waals surface area contributed by atoms with Gasteiger partial charge in [-0.3, -0.25) is 4.98 Å². The highest BCUT2D eigenvalue weighted by molar-refractivity contribution is 5.81. The van der Waals surface area contributed by atoms with Gasteiger partial charge in [-0.25, -0.2) is 0 Å². The Hall–Kier alpha value is -1.41. The Kier molecular flexibility index (Phi) is 4.20. The van der Waals surface area contributed by atoms with Gasteiger partial charge in [-0.1, -0.05) is 45.0 Å². The molecule has 2 heteroatoms. The first kappa shape index (κ1) is 14.0. The van der Waals surface area contributed by atoms with Crippen molar-refractivity contribution in [3.05, 3.63) is 42.1 Å². The summed E-state index contributed by atoms with van der Waals surface area (Å²) in [6.07, 6.45) is 4.08. The maximum absolute atomic E-state index is 4.53. The summed E-state index contributed by atoms with van der Waals surface area (Å²) in [5, 5.41) is 4.67. The number of nitrogens with zero attached hydrogens (tertiary/aromatic N) is 1. The Labute approximate surface area is 116 Å². The number of aromatic nitrogens is 1. The first-order valence-electron chi connectivity index (χ1n) is 7.02. The van der Waals surface area contributed by atoms with Crippen molar-refractivity contribution in [1.29, 1.82) is 0 Å². The van der Waals surface area contributed by atoms with E-state index in [0.717, 1.165) is 18.4 Å². The lowest BCUT2D eigenvalue weighted by Crippen LogP contribution is -2.38. The molecule has 0 aliphatic carbocycles. The largest absolute Gasteiger partial charge is 0.316 e. The van der Waals surface area contributed by atoms with E-state index in [4.69, 9.17) is 0 Å². The van der Waals surface area contributed by atoms with Crippen molar-refractivity contribution in [3.63, 3.8) is 0 Å². The molecule has 0 amide bonds. The quantitative estimate of drug-likeness (QED) is 0.900. The molecule has 0 saturated carbocycles. The van der Waals surface area contributed by atoms with Crippen LogP contribution in [0.25, 0.3) is 10.9 Å². The highest BCUT2D eigenvalue weighted by Crippen LogP contribution is 2.24. The van der Waals surface area contributed by atoms with E-state index in [1.807, 2.05) is 12.3 Å². The average molecular weight is 256 g/mol. The summed E-state index contributed by atoms with van der Waals surface area (Å²) < 4.78 is 0. The van der Waals surface area contributed by atoms with Gasteiger partial charge in [0.15, 0.2) is 0 Å².